The molecule has 2 rings (SSSR count). The van der Waals surface area contributed by atoms with E-state index in [1.165, 1.54) is 11.6 Å². The molecule has 19 heavy (non-hydrogen) atoms. The van der Waals surface area contributed by atoms with Crippen LogP contribution in [0, 0.1) is 17.1 Å². The van der Waals surface area contributed by atoms with Crippen molar-refractivity contribution >= 4 is 5.69 Å². The van der Waals surface area contributed by atoms with E-state index in [1.54, 1.807) is 12.1 Å². The largest absolute Gasteiger partial charge is 0.382 e. The lowest BCUT2D eigenvalue weighted by molar-refractivity contribution is 0.628. The first kappa shape index (κ1) is 13.1. The van der Waals surface area contributed by atoms with Crippen LogP contribution in [-0.2, 0) is 0 Å². The van der Waals surface area contributed by atoms with Gasteiger partial charge in [-0.25, -0.2) is 4.39 Å². The van der Waals surface area contributed by atoms with Crippen molar-refractivity contribution in [3.8, 4) is 6.07 Å². The molecule has 0 aromatic heterocycles. The Bertz CT molecular complexity index is 587. The highest BCUT2D eigenvalue weighted by atomic mass is 19.1. The van der Waals surface area contributed by atoms with Crippen molar-refractivity contribution in [2.45, 2.75) is 12.8 Å². The molecule has 0 aliphatic carbocycles. The maximum absolute atomic E-state index is 13.7. The maximum atomic E-state index is 13.7. The van der Waals surface area contributed by atoms with E-state index in [0.717, 1.165) is 0 Å². The highest BCUT2D eigenvalue weighted by Gasteiger charge is 2.07. The monoisotopic (exact) mass is 254 g/mol. The molecule has 1 N–H and O–H groups in total. The Morgan fingerprint density at radius 1 is 1.21 bits per heavy atom. The molecule has 96 valence electrons. The summed E-state index contributed by atoms with van der Waals surface area (Å²) in [4.78, 5) is 0. The van der Waals surface area contributed by atoms with Gasteiger partial charge in [0, 0.05) is 6.54 Å². The van der Waals surface area contributed by atoms with Gasteiger partial charge in [-0.3, -0.25) is 0 Å². The number of hydrogen-bond acceptors (Lipinski definition) is 2. The Hall–Kier alpha value is -2.34. The lowest BCUT2D eigenvalue weighted by Gasteiger charge is -2.14. The molecular formula is C16H15FN2. The second-order valence-electron chi connectivity index (χ2n) is 4.50. The van der Waals surface area contributed by atoms with Gasteiger partial charge in [0.25, 0.3) is 0 Å². The SMILES string of the molecule is CC(CNc1ccc(C#N)cc1F)c1ccccc1. The molecule has 0 heterocycles. The normalized spacial score (nSPS) is 11.6. The molecule has 1 unspecified atom stereocenters. The summed E-state index contributed by atoms with van der Waals surface area (Å²) in [5.74, 6) is -0.101. The third-order valence-corrected chi connectivity index (χ3v) is 3.07. The Morgan fingerprint density at radius 3 is 2.58 bits per heavy atom. The van der Waals surface area contributed by atoms with Crippen molar-refractivity contribution in [3.63, 3.8) is 0 Å². The Morgan fingerprint density at radius 2 is 1.95 bits per heavy atom. The van der Waals surface area contributed by atoms with E-state index >= 15 is 0 Å². The van der Waals surface area contributed by atoms with Crippen molar-refractivity contribution < 1.29 is 4.39 Å². The Balaban J connectivity index is 2.01. The minimum Gasteiger partial charge on any atom is -0.382 e. The van der Waals surface area contributed by atoms with E-state index < -0.39 is 0 Å². The number of hydrogen-bond donors (Lipinski definition) is 1. The van der Waals surface area contributed by atoms with Crippen LogP contribution in [-0.4, -0.2) is 6.54 Å². The number of nitrogens with one attached hydrogen (secondary N) is 1. The lowest BCUT2D eigenvalue weighted by atomic mass is 10.0. The van der Waals surface area contributed by atoms with Crippen LogP contribution in [0.4, 0.5) is 10.1 Å². The zero-order valence-corrected chi connectivity index (χ0v) is 10.7. The molecular weight excluding hydrogens is 239 g/mol. The van der Waals surface area contributed by atoms with Crippen LogP contribution >= 0.6 is 0 Å². The molecule has 0 radical (unpaired) electrons. The van der Waals surface area contributed by atoms with Gasteiger partial charge in [0.15, 0.2) is 0 Å². The van der Waals surface area contributed by atoms with Gasteiger partial charge in [-0.15, -0.1) is 0 Å². The van der Waals surface area contributed by atoms with Crippen molar-refractivity contribution in [1.29, 1.82) is 5.26 Å². The minimum atomic E-state index is -0.390. The highest BCUT2D eigenvalue weighted by Crippen LogP contribution is 2.19. The summed E-state index contributed by atoms with van der Waals surface area (Å²) in [6.07, 6.45) is 0. The molecule has 1 atom stereocenters. The van der Waals surface area contributed by atoms with Crippen LogP contribution in [0.1, 0.15) is 24.0 Å². The van der Waals surface area contributed by atoms with Crippen LogP contribution in [0.2, 0.25) is 0 Å². The molecule has 0 saturated carbocycles. The summed E-state index contributed by atoms with van der Waals surface area (Å²) in [6, 6.07) is 16.5. The van der Waals surface area contributed by atoms with Gasteiger partial charge in [-0.05, 0) is 29.7 Å². The third-order valence-electron chi connectivity index (χ3n) is 3.07. The number of halogens is 1. The zero-order valence-electron chi connectivity index (χ0n) is 10.7. The van der Waals surface area contributed by atoms with Crippen LogP contribution in [0.15, 0.2) is 48.5 Å². The predicted molar refractivity (Wildman–Crippen MR) is 74.5 cm³/mol. The standard InChI is InChI=1S/C16H15FN2/c1-12(14-5-3-2-4-6-14)11-19-16-8-7-13(10-18)9-15(16)17/h2-9,12,19H,11H2,1H3. The fourth-order valence-corrected chi connectivity index (χ4v) is 1.89. The molecule has 0 aliphatic rings. The summed E-state index contributed by atoms with van der Waals surface area (Å²) in [6.45, 7) is 2.73. The number of nitriles is 1. The molecule has 3 heteroatoms. The molecule has 0 spiro atoms. The van der Waals surface area contributed by atoms with Crippen molar-refractivity contribution in [2.24, 2.45) is 0 Å². The first-order chi connectivity index (χ1) is 9.20. The molecule has 0 aliphatic heterocycles. The first-order valence-electron chi connectivity index (χ1n) is 6.19. The number of anilines is 1. The van der Waals surface area contributed by atoms with Crippen molar-refractivity contribution in [2.75, 3.05) is 11.9 Å². The topological polar surface area (TPSA) is 35.8 Å². The molecule has 0 bridgehead atoms. The summed E-state index contributed by atoms with van der Waals surface area (Å²) < 4.78 is 13.7. The molecule has 0 fully saturated rings. The van der Waals surface area contributed by atoms with Crippen LogP contribution in [0.3, 0.4) is 0 Å². The Kier molecular flexibility index (Phi) is 4.15. The van der Waals surface area contributed by atoms with Crippen LogP contribution in [0.5, 0.6) is 0 Å². The second-order valence-corrected chi connectivity index (χ2v) is 4.50. The summed E-state index contributed by atoms with van der Waals surface area (Å²) in [7, 11) is 0. The van der Waals surface area contributed by atoms with E-state index in [-0.39, 0.29) is 11.7 Å². The highest BCUT2D eigenvalue weighted by molar-refractivity contribution is 5.49. The zero-order chi connectivity index (χ0) is 13.7. The van der Waals surface area contributed by atoms with E-state index in [9.17, 15) is 4.39 Å². The summed E-state index contributed by atoms with van der Waals surface area (Å²) in [5.41, 5.74) is 1.98. The smallest absolute Gasteiger partial charge is 0.147 e. The van der Waals surface area contributed by atoms with Gasteiger partial charge in [0.05, 0.1) is 17.3 Å². The first-order valence-corrected chi connectivity index (χ1v) is 6.19. The van der Waals surface area contributed by atoms with Crippen LogP contribution in [0.25, 0.3) is 0 Å². The second kappa shape index (κ2) is 6.01. The predicted octanol–water partition coefficient (Wildman–Crippen LogP) is 3.91. The average Bonchev–Trinajstić information content (AvgIpc) is 2.46. The summed E-state index contributed by atoms with van der Waals surface area (Å²) >= 11 is 0. The minimum absolute atomic E-state index is 0.288. The number of rotatable bonds is 4. The van der Waals surface area contributed by atoms with Gasteiger partial charge in [0.2, 0.25) is 0 Å². The van der Waals surface area contributed by atoms with Crippen molar-refractivity contribution in [3.05, 3.63) is 65.5 Å². The number of nitrogens with zero attached hydrogens (tertiary/aromatic N) is 1. The van der Waals surface area contributed by atoms with E-state index in [0.29, 0.717) is 17.8 Å². The number of benzene rings is 2. The fourth-order valence-electron chi connectivity index (χ4n) is 1.89. The van der Waals surface area contributed by atoms with Gasteiger partial charge in [-0.2, -0.15) is 5.26 Å². The maximum Gasteiger partial charge on any atom is 0.147 e. The van der Waals surface area contributed by atoms with Gasteiger partial charge in [-0.1, -0.05) is 37.3 Å². The fraction of sp³-hybridized carbons (Fsp3) is 0.188. The van der Waals surface area contributed by atoms with Gasteiger partial charge >= 0.3 is 0 Å². The Labute approximate surface area is 112 Å². The molecule has 0 saturated heterocycles. The third kappa shape index (κ3) is 3.32. The summed E-state index contributed by atoms with van der Waals surface area (Å²) in [5, 5.41) is 11.8. The quantitative estimate of drug-likeness (QED) is 0.897. The molecule has 2 aromatic carbocycles. The van der Waals surface area contributed by atoms with E-state index in [2.05, 4.69) is 24.4 Å². The van der Waals surface area contributed by atoms with E-state index in [4.69, 9.17) is 5.26 Å². The average molecular weight is 254 g/mol. The lowest BCUT2D eigenvalue weighted by Crippen LogP contribution is -2.10. The molecule has 0 amide bonds. The van der Waals surface area contributed by atoms with Crippen LogP contribution < -0.4 is 5.32 Å². The van der Waals surface area contributed by atoms with E-state index in [1.807, 2.05) is 24.3 Å². The molecule has 2 aromatic rings. The molecule has 2 nitrogen and oxygen atoms in total. The van der Waals surface area contributed by atoms with Gasteiger partial charge in [0.1, 0.15) is 5.82 Å². The van der Waals surface area contributed by atoms with Crippen molar-refractivity contribution in [1.82, 2.24) is 0 Å². The van der Waals surface area contributed by atoms with Gasteiger partial charge < -0.3 is 5.32 Å².